The van der Waals surface area contributed by atoms with Crippen LogP contribution in [0.3, 0.4) is 0 Å². The van der Waals surface area contributed by atoms with Crippen molar-refractivity contribution >= 4 is 54.7 Å². The summed E-state index contributed by atoms with van der Waals surface area (Å²) in [5.41, 5.74) is 0.575. The van der Waals surface area contributed by atoms with Gasteiger partial charge in [-0.05, 0) is 44.0 Å². The van der Waals surface area contributed by atoms with Gasteiger partial charge in [-0.3, -0.25) is 14.9 Å². The van der Waals surface area contributed by atoms with E-state index in [0.717, 1.165) is 30.2 Å². The molecule has 0 bridgehead atoms. The monoisotopic (exact) mass is 576 g/mol. The number of aromatic nitrogens is 2. The van der Waals surface area contributed by atoms with Crippen molar-refractivity contribution in [3.05, 3.63) is 71.1 Å². The van der Waals surface area contributed by atoms with Crippen LogP contribution in [0.25, 0.3) is 10.9 Å². The lowest BCUT2D eigenvalue weighted by molar-refractivity contribution is -0.385. The van der Waals surface area contributed by atoms with Crippen molar-refractivity contribution in [2.24, 2.45) is 5.10 Å². The number of nitro groups is 1. The highest BCUT2D eigenvalue weighted by Crippen LogP contribution is 2.35. The molecule has 0 amide bonds. The minimum Gasteiger partial charge on any atom is -0.487 e. The first kappa shape index (κ1) is 23.6. The zero-order valence-corrected chi connectivity index (χ0v) is 21.1. The topological polar surface area (TPSA) is 99.6 Å². The van der Waals surface area contributed by atoms with Crippen molar-refractivity contribution in [2.45, 2.75) is 44.9 Å². The van der Waals surface area contributed by atoms with Gasteiger partial charge in [0.2, 0.25) is 5.75 Å². The maximum Gasteiger partial charge on any atom is 0.312 e. The Balaban J connectivity index is 1.90. The number of hydrogen-bond donors (Lipinski definition) is 0. The first-order valence-electron chi connectivity index (χ1n) is 10.8. The van der Waals surface area contributed by atoms with Gasteiger partial charge in [0.1, 0.15) is 5.82 Å². The summed E-state index contributed by atoms with van der Waals surface area (Å²) in [6, 6.07) is 8.49. The molecular weight excluding hydrogens is 556 g/mol. The molecule has 0 unspecified atom stereocenters. The van der Waals surface area contributed by atoms with E-state index in [-0.39, 0.29) is 29.5 Å². The van der Waals surface area contributed by atoms with E-state index in [4.69, 9.17) is 9.72 Å². The van der Waals surface area contributed by atoms with Crippen LogP contribution in [0.2, 0.25) is 0 Å². The van der Waals surface area contributed by atoms with E-state index < -0.39 is 4.92 Å². The van der Waals surface area contributed by atoms with Crippen LogP contribution in [-0.4, -0.2) is 27.4 Å². The summed E-state index contributed by atoms with van der Waals surface area (Å²) in [4.78, 5) is 29.3. The molecule has 0 N–H and O–H groups in total. The average molecular weight is 578 g/mol. The number of nitro benzene ring substituents is 1. The summed E-state index contributed by atoms with van der Waals surface area (Å²) >= 11 is 6.74. The number of ether oxygens (including phenoxy) is 1. The molecule has 1 saturated carbocycles. The zero-order chi connectivity index (χ0) is 23.5. The van der Waals surface area contributed by atoms with E-state index in [2.05, 4.69) is 37.0 Å². The van der Waals surface area contributed by atoms with Crippen molar-refractivity contribution in [1.29, 1.82) is 0 Å². The number of hydrogen-bond acceptors (Lipinski definition) is 6. The maximum absolute atomic E-state index is 13.5. The van der Waals surface area contributed by atoms with E-state index >= 15 is 0 Å². The van der Waals surface area contributed by atoms with Gasteiger partial charge in [0, 0.05) is 26.5 Å². The van der Waals surface area contributed by atoms with Gasteiger partial charge in [0.25, 0.3) is 5.56 Å². The average Bonchev–Trinajstić information content (AvgIpc) is 2.80. The summed E-state index contributed by atoms with van der Waals surface area (Å²) in [7, 11) is 0. The van der Waals surface area contributed by atoms with Gasteiger partial charge in [-0.1, -0.05) is 51.1 Å². The van der Waals surface area contributed by atoms with E-state index in [9.17, 15) is 14.9 Å². The van der Waals surface area contributed by atoms with Crippen LogP contribution in [0, 0.1) is 10.1 Å². The molecule has 1 aromatic heterocycles. The molecule has 1 aliphatic carbocycles. The molecule has 2 aromatic carbocycles. The third-order valence-electron chi connectivity index (χ3n) is 5.66. The van der Waals surface area contributed by atoms with E-state index in [1.165, 1.54) is 23.4 Å². The Morgan fingerprint density at radius 3 is 2.67 bits per heavy atom. The molecule has 0 spiro atoms. The fourth-order valence-electron chi connectivity index (χ4n) is 4.16. The molecule has 4 rings (SSSR count). The Hall–Kier alpha value is -2.59. The third kappa shape index (κ3) is 5.01. The van der Waals surface area contributed by atoms with Crippen molar-refractivity contribution in [2.75, 3.05) is 6.61 Å². The zero-order valence-electron chi connectivity index (χ0n) is 18.0. The summed E-state index contributed by atoms with van der Waals surface area (Å²) < 4.78 is 8.20. The fourth-order valence-corrected chi connectivity index (χ4v) is 4.98. The van der Waals surface area contributed by atoms with E-state index in [1.54, 1.807) is 19.1 Å². The molecule has 10 heteroatoms. The largest absolute Gasteiger partial charge is 0.487 e. The third-order valence-corrected chi connectivity index (χ3v) is 6.62. The van der Waals surface area contributed by atoms with Crippen molar-refractivity contribution < 1.29 is 9.66 Å². The number of benzene rings is 2. The number of nitrogens with zero attached hydrogens (tertiary/aromatic N) is 4. The Kier molecular flexibility index (Phi) is 7.23. The molecule has 1 heterocycles. The maximum atomic E-state index is 13.5. The van der Waals surface area contributed by atoms with Gasteiger partial charge >= 0.3 is 5.69 Å². The predicted molar refractivity (Wildman–Crippen MR) is 134 cm³/mol. The minimum atomic E-state index is -0.498. The van der Waals surface area contributed by atoms with Gasteiger partial charge in [-0.15, -0.1) is 0 Å². The summed E-state index contributed by atoms with van der Waals surface area (Å²) in [6.45, 7) is 2.01. The standard InChI is InChI=1S/C23H22Br2N4O4/c1-2-33-21-15(10-17(25)12-20(21)29(31)32)13-26-28-22(14-6-4-3-5-7-14)27-19-9-8-16(24)11-18(19)23(28)30/h8-14H,2-7H2,1H3. The molecule has 1 aliphatic rings. The molecule has 3 aromatic rings. The van der Waals surface area contributed by atoms with Gasteiger partial charge in [-0.25, -0.2) is 4.98 Å². The Morgan fingerprint density at radius 1 is 1.21 bits per heavy atom. The molecular formula is C23H22Br2N4O4. The highest BCUT2D eigenvalue weighted by molar-refractivity contribution is 9.10. The van der Waals surface area contributed by atoms with Crippen LogP contribution in [0.4, 0.5) is 5.69 Å². The second-order valence-corrected chi connectivity index (χ2v) is 9.69. The first-order valence-corrected chi connectivity index (χ1v) is 12.3. The smallest absolute Gasteiger partial charge is 0.312 e. The van der Waals surface area contributed by atoms with Crippen LogP contribution >= 0.6 is 31.9 Å². The molecule has 1 fully saturated rings. The van der Waals surface area contributed by atoms with Crippen LogP contribution < -0.4 is 10.3 Å². The molecule has 0 radical (unpaired) electrons. The van der Waals surface area contributed by atoms with Crippen molar-refractivity contribution in [3.63, 3.8) is 0 Å². The highest BCUT2D eigenvalue weighted by Gasteiger charge is 2.23. The van der Waals surface area contributed by atoms with Gasteiger partial charge in [-0.2, -0.15) is 9.78 Å². The SMILES string of the molecule is CCOc1c(C=Nn2c(C3CCCCC3)nc3ccc(Br)cc3c2=O)cc(Br)cc1[N+](=O)[O-]. The normalized spacial score (nSPS) is 14.8. The van der Waals surface area contributed by atoms with E-state index in [1.807, 2.05) is 12.1 Å². The second-order valence-electron chi connectivity index (χ2n) is 7.86. The van der Waals surface area contributed by atoms with Gasteiger partial charge in [0.15, 0.2) is 0 Å². The van der Waals surface area contributed by atoms with Crippen molar-refractivity contribution in [1.82, 2.24) is 9.66 Å². The Labute approximate surface area is 207 Å². The molecule has 8 nitrogen and oxygen atoms in total. The fraction of sp³-hybridized carbons (Fsp3) is 0.348. The predicted octanol–water partition coefficient (Wildman–Crippen LogP) is 6.16. The van der Waals surface area contributed by atoms with E-state index in [0.29, 0.717) is 26.8 Å². The quantitative estimate of drug-likeness (QED) is 0.198. The first-order chi connectivity index (χ1) is 15.9. The molecule has 0 aliphatic heterocycles. The molecule has 172 valence electrons. The number of halogens is 2. The Bertz CT molecular complexity index is 1300. The number of fused-ring (bicyclic) bond motifs is 1. The Morgan fingerprint density at radius 2 is 1.97 bits per heavy atom. The van der Waals surface area contributed by atoms with Crippen LogP contribution in [0.15, 0.2) is 49.2 Å². The lowest BCUT2D eigenvalue weighted by Crippen LogP contribution is -2.25. The highest BCUT2D eigenvalue weighted by atomic mass is 79.9. The van der Waals surface area contributed by atoms with Crippen molar-refractivity contribution in [3.8, 4) is 5.75 Å². The lowest BCUT2D eigenvalue weighted by Gasteiger charge is -2.22. The summed E-state index contributed by atoms with van der Waals surface area (Å²) in [5, 5.41) is 16.5. The lowest BCUT2D eigenvalue weighted by atomic mass is 9.88. The summed E-state index contributed by atoms with van der Waals surface area (Å²) in [5.74, 6) is 0.853. The van der Waals surface area contributed by atoms with Crippen LogP contribution in [0.1, 0.15) is 56.3 Å². The van der Waals surface area contributed by atoms with Crippen LogP contribution in [-0.2, 0) is 0 Å². The molecule has 33 heavy (non-hydrogen) atoms. The molecule has 0 atom stereocenters. The summed E-state index contributed by atoms with van der Waals surface area (Å²) in [6.07, 6.45) is 6.64. The number of rotatable bonds is 6. The second kappa shape index (κ2) is 10.1. The van der Waals surface area contributed by atoms with Gasteiger partial charge < -0.3 is 4.74 Å². The molecule has 0 saturated heterocycles. The van der Waals surface area contributed by atoms with Gasteiger partial charge in [0.05, 0.1) is 28.6 Å². The minimum absolute atomic E-state index is 0.109. The van der Waals surface area contributed by atoms with Crippen LogP contribution in [0.5, 0.6) is 5.75 Å².